The third-order valence-corrected chi connectivity index (χ3v) is 2.10. The highest BCUT2D eigenvalue weighted by molar-refractivity contribution is 6.04. The third-order valence-electron chi connectivity index (χ3n) is 2.10. The van der Waals surface area contributed by atoms with Crippen LogP contribution in [0.5, 0.6) is 0 Å². The van der Waals surface area contributed by atoms with E-state index in [0.717, 1.165) is 0 Å². The third kappa shape index (κ3) is 2.39. The van der Waals surface area contributed by atoms with E-state index in [0.29, 0.717) is 22.8 Å². The number of anilines is 2. The van der Waals surface area contributed by atoms with E-state index in [2.05, 4.69) is 20.4 Å². The summed E-state index contributed by atoms with van der Waals surface area (Å²) in [7, 11) is 0. The molecule has 2 aromatic heterocycles. The summed E-state index contributed by atoms with van der Waals surface area (Å²) in [6.45, 7) is 3.37. The summed E-state index contributed by atoms with van der Waals surface area (Å²) in [4.78, 5) is 19.7. The lowest BCUT2D eigenvalue weighted by Gasteiger charge is -2.04. The van der Waals surface area contributed by atoms with E-state index >= 15 is 0 Å². The van der Waals surface area contributed by atoms with Gasteiger partial charge in [-0.25, -0.2) is 0 Å². The molecule has 0 aliphatic heterocycles. The molecule has 0 bridgehead atoms. The summed E-state index contributed by atoms with van der Waals surface area (Å²) >= 11 is 0. The Kier molecular flexibility index (Phi) is 2.73. The Morgan fingerprint density at radius 2 is 2.24 bits per heavy atom. The zero-order valence-corrected chi connectivity index (χ0v) is 9.39. The van der Waals surface area contributed by atoms with Gasteiger partial charge in [-0.15, -0.1) is 0 Å². The number of hydrogen-bond donors (Lipinski definition) is 2. The fraction of sp³-hybridized carbons (Fsp3) is 0.200. The van der Waals surface area contributed by atoms with Gasteiger partial charge in [-0.05, 0) is 19.9 Å². The Labute approximate surface area is 97.0 Å². The Bertz CT molecular complexity index is 564. The number of pyridine rings is 1. The maximum atomic E-state index is 11.9. The van der Waals surface area contributed by atoms with Crippen molar-refractivity contribution in [3.63, 3.8) is 0 Å². The molecule has 0 aliphatic carbocycles. The van der Waals surface area contributed by atoms with Crippen molar-refractivity contribution in [1.82, 2.24) is 15.1 Å². The molecule has 2 heterocycles. The summed E-state index contributed by atoms with van der Waals surface area (Å²) in [6.07, 6.45) is 1.49. The molecular weight excluding hydrogens is 222 g/mol. The number of nitrogen functional groups attached to an aromatic ring is 1. The van der Waals surface area contributed by atoms with E-state index < -0.39 is 0 Å². The van der Waals surface area contributed by atoms with Gasteiger partial charge in [0, 0.05) is 0 Å². The monoisotopic (exact) mass is 233 g/mol. The molecule has 2 rings (SSSR count). The van der Waals surface area contributed by atoms with E-state index in [1.165, 1.54) is 6.20 Å². The zero-order chi connectivity index (χ0) is 12.4. The molecule has 0 unspecified atom stereocenters. The van der Waals surface area contributed by atoms with Crippen LogP contribution in [0.2, 0.25) is 0 Å². The Balaban J connectivity index is 2.22. The van der Waals surface area contributed by atoms with Crippen molar-refractivity contribution in [3.8, 4) is 0 Å². The molecular formula is C10H11N5O2. The van der Waals surface area contributed by atoms with Crippen LogP contribution in [0.1, 0.15) is 21.9 Å². The van der Waals surface area contributed by atoms with Gasteiger partial charge < -0.3 is 10.3 Å². The molecule has 3 N–H and O–H groups in total. The second kappa shape index (κ2) is 4.20. The Hall–Kier alpha value is -2.44. The van der Waals surface area contributed by atoms with Gasteiger partial charge in [0.15, 0.2) is 5.82 Å². The number of aryl methyl sites for hydroxylation is 2. The maximum absolute atomic E-state index is 11.9. The van der Waals surface area contributed by atoms with Crippen molar-refractivity contribution in [2.75, 3.05) is 11.1 Å². The number of nitrogens with two attached hydrogens (primary N) is 1. The highest BCUT2D eigenvalue weighted by Gasteiger charge is 2.13. The Morgan fingerprint density at radius 3 is 2.88 bits per heavy atom. The number of nitrogens with zero attached hydrogens (tertiary/aromatic N) is 3. The predicted octanol–water partition coefficient (Wildman–Crippen LogP) is 0.916. The van der Waals surface area contributed by atoms with Crippen LogP contribution in [0.3, 0.4) is 0 Å². The first-order chi connectivity index (χ1) is 8.06. The molecule has 7 heteroatoms. The van der Waals surface area contributed by atoms with Crippen LogP contribution >= 0.6 is 0 Å². The van der Waals surface area contributed by atoms with Gasteiger partial charge >= 0.3 is 6.01 Å². The van der Waals surface area contributed by atoms with Crippen molar-refractivity contribution < 1.29 is 9.32 Å². The van der Waals surface area contributed by atoms with Crippen molar-refractivity contribution in [3.05, 3.63) is 29.3 Å². The van der Waals surface area contributed by atoms with Gasteiger partial charge in [0.2, 0.25) is 0 Å². The minimum Gasteiger partial charge on any atom is -0.397 e. The summed E-state index contributed by atoms with van der Waals surface area (Å²) in [5.74, 6) is 0.0636. The number of carbonyl (C=O) groups excluding carboxylic acids is 1. The molecule has 0 radical (unpaired) electrons. The van der Waals surface area contributed by atoms with Crippen LogP contribution in [-0.4, -0.2) is 21.0 Å². The zero-order valence-electron chi connectivity index (χ0n) is 9.39. The van der Waals surface area contributed by atoms with E-state index in [-0.39, 0.29) is 11.9 Å². The average Bonchev–Trinajstić information content (AvgIpc) is 2.67. The molecule has 0 fully saturated rings. The average molecular weight is 233 g/mol. The van der Waals surface area contributed by atoms with Crippen LogP contribution in [0.25, 0.3) is 0 Å². The van der Waals surface area contributed by atoms with E-state index in [4.69, 9.17) is 10.3 Å². The van der Waals surface area contributed by atoms with Crippen molar-refractivity contribution >= 4 is 17.6 Å². The van der Waals surface area contributed by atoms with Crippen LogP contribution in [0.15, 0.2) is 16.8 Å². The summed E-state index contributed by atoms with van der Waals surface area (Å²) in [5.41, 5.74) is 6.94. The summed E-state index contributed by atoms with van der Waals surface area (Å²) in [6, 6.07) is 1.59. The van der Waals surface area contributed by atoms with Crippen molar-refractivity contribution in [2.45, 2.75) is 13.8 Å². The van der Waals surface area contributed by atoms with Gasteiger partial charge in [0.25, 0.3) is 5.91 Å². The normalized spacial score (nSPS) is 10.2. The predicted molar refractivity (Wildman–Crippen MR) is 60.4 cm³/mol. The SMILES string of the molecule is Cc1noc(NC(=O)c2cc(N)cnc2C)n1. The molecule has 0 atom stereocenters. The largest absolute Gasteiger partial charge is 0.397 e. The van der Waals surface area contributed by atoms with Gasteiger partial charge in [-0.2, -0.15) is 4.98 Å². The lowest BCUT2D eigenvalue weighted by molar-refractivity contribution is 0.102. The van der Waals surface area contributed by atoms with Crippen LogP contribution in [0, 0.1) is 13.8 Å². The maximum Gasteiger partial charge on any atom is 0.328 e. The van der Waals surface area contributed by atoms with E-state index in [1.54, 1.807) is 19.9 Å². The van der Waals surface area contributed by atoms with E-state index in [9.17, 15) is 4.79 Å². The van der Waals surface area contributed by atoms with Gasteiger partial charge in [0.1, 0.15) is 0 Å². The van der Waals surface area contributed by atoms with Crippen LogP contribution in [0.4, 0.5) is 11.7 Å². The first-order valence-electron chi connectivity index (χ1n) is 4.90. The van der Waals surface area contributed by atoms with Crippen LogP contribution < -0.4 is 11.1 Å². The molecule has 0 saturated carbocycles. The second-order valence-corrected chi connectivity index (χ2v) is 3.50. The lowest BCUT2D eigenvalue weighted by atomic mass is 10.2. The molecule has 88 valence electrons. The van der Waals surface area contributed by atoms with Crippen molar-refractivity contribution in [1.29, 1.82) is 0 Å². The fourth-order valence-corrected chi connectivity index (χ4v) is 1.29. The number of nitrogens with one attached hydrogen (secondary N) is 1. The second-order valence-electron chi connectivity index (χ2n) is 3.50. The molecule has 2 aromatic rings. The number of carbonyl (C=O) groups is 1. The smallest absolute Gasteiger partial charge is 0.328 e. The van der Waals surface area contributed by atoms with Crippen molar-refractivity contribution in [2.24, 2.45) is 0 Å². The number of rotatable bonds is 2. The van der Waals surface area contributed by atoms with Gasteiger partial charge in [0.05, 0.1) is 23.1 Å². The molecule has 0 saturated heterocycles. The van der Waals surface area contributed by atoms with Gasteiger partial charge in [-0.3, -0.25) is 15.1 Å². The first-order valence-corrected chi connectivity index (χ1v) is 4.90. The number of amides is 1. The minimum absolute atomic E-state index is 0.0503. The molecule has 7 nitrogen and oxygen atoms in total. The standard InChI is InChI=1S/C10H11N5O2/c1-5-8(3-7(11)4-12-5)9(16)14-10-13-6(2)15-17-10/h3-4H,11H2,1-2H3,(H,13,14,15,16). The molecule has 0 aliphatic rings. The van der Waals surface area contributed by atoms with Crippen LogP contribution in [-0.2, 0) is 0 Å². The quantitative estimate of drug-likeness (QED) is 0.798. The molecule has 0 spiro atoms. The lowest BCUT2D eigenvalue weighted by Crippen LogP contribution is -2.14. The number of hydrogen-bond acceptors (Lipinski definition) is 6. The summed E-state index contributed by atoms with van der Waals surface area (Å²) < 4.78 is 4.78. The highest BCUT2D eigenvalue weighted by atomic mass is 16.5. The fourth-order valence-electron chi connectivity index (χ4n) is 1.29. The Morgan fingerprint density at radius 1 is 1.47 bits per heavy atom. The molecule has 1 amide bonds. The van der Waals surface area contributed by atoms with E-state index in [1.807, 2.05) is 0 Å². The minimum atomic E-state index is -0.383. The molecule has 0 aromatic carbocycles. The van der Waals surface area contributed by atoms with Gasteiger partial charge in [-0.1, -0.05) is 5.16 Å². The first kappa shape index (κ1) is 11.1. The highest BCUT2D eigenvalue weighted by Crippen LogP contribution is 2.12. The topological polar surface area (TPSA) is 107 Å². The molecule has 17 heavy (non-hydrogen) atoms. The summed E-state index contributed by atoms with van der Waals surface area (Å²) in [5, 5.41) is 6.03. The number of aromatic nitrogens is 3.